The van der Waals surface area contributed by atoms with E-state index in [0.717, 1.165) is 24.2 Å². The van der Waals surface area contributed by atoms with Gasteiger partial charge in [0.1, 0.15) is 5.52 Å². The van der Waals surface area contributed by atoms with Gasteiger partial charge >= 0.3 is 0 Å². The van der Waals surface area contributed by atoms with Crippen LogP contribution >= 0.6 is 0 Å². The Balaban J connectivity index is 1.64. The van der Waals surface area contributed by atoms with E-state index in [9.17, 15) is 4.79 Å². The maximum atomic E-state index is 12.7. The second-order valence-corrected chi connectivity index (χ2v) is 6.25. The van der Waals surface area contributed by atoms with Crippen LogP contribution in [0.2, 0.25) is 0 Å². The minimum Gasteiger partial charge on any atom is -0.449 e. The van der Waals surface area contributed by atoms with Gasteiger partial charge in [-0.1, -0.05) is 19.4 Å². The number of hydrogen-bond acceptors (Lipinski definition) is 5. The summed E-state index contributed by atoms with van der Waals surface area (Å²) in [6.07, 6.45) is 3.54. The zero-order chi connectivity index (χ0) is 18.1. The molecule has 0 radical (unpaired) electrons. The molecule has 1 N–H and O–H groups in total. The summed E-state index contributed by atoms with van der Waals surface area (Å²) in [5.41, 5.74) is 2.90. The van der Waals surface area contributed by atoms with E-state index in [1.807, 2.05) is 47.9 Å². The standard InChI is InChI=1S/C19H19N5O2/c1-3-6-13(18-23-22-17-7-4-5-10-24(17)18)21-19(25)16-11-14-15(26-16)9-8-12(2)20-14/h4-5,7-11,13H,3,6H2,1-2H3,(H,21,25). The molecule has 0 fully saturated rings. The average molecular weight is 349 g/mol. The highest BCUT2D eigenvalue weighted by Gasteiger charge is 2.22. The summed E-state index contributed by atoms with van der Waals surface area (Å²) >= 11 is 0. The van der Waals surface area contributed by atoms with Crippen molar-refractivity contribution < 1.29 is 9.21 Å². The predicted molar refractivity (Wildman–Crippen MR) is 96.8 cm³/mol. The molecule has 4 aromatic rings. The van der Waals surface area contributed by atoms with Gasteiger partial charge in [-0.3, -0.25) is 9.20 Å². The molecule has 0 aromatic carbocycles. The van der Waals surface area contributed by atoms with E-state index in [1.54, 1.807) is 6.07 Å². The van der Waals surface area contributed by atoms with Crippen molar-refractivity contribution in [3.63, 3.8) is 0 Å². The van der Waals surface area contributed by atoms with Crippen LogP contribution in [-0.4, -0.2) is 25.5 Å². The van der Waals surface area contributed by atoms with Crippen molar-refractivity contribution in [1.82, 2.24) is 24.9 Å². The molecule has 4 heterocycles. The van der Waals surface area contributed by atoms with Crippen molar-refractivity contribution in [1.29, 1.82) is 0 Å². The molecule has 4 rings (SSSR count). The largest absolute Gasteiger partial charge is 0.449 e. The minimum atomic E-state index is -0.285. The topological polar surface area (TPSA) is 85.3 Å². The molecule has 0 saturated carbocycles. The Kier molecular flexibility index (Phi) is 4.12. The predicted octanol–water partition coefficient (Wildman–Crippen LogP) is 3.45. The van der Waals surface area contributed by atoms with Gasteiger partial charge in [0.25, 0.3) is 5.91 Å². The first-order chi connectivity index (χ1) is 12.7. The molecule has 7 heteroatoms. The molecule has 0 bridgehead atoms. The molecule has 0 aliphatic rings. The normalized spacial score (nSPS) is 12.5. The van der Waals surface area contributed by atoms with Crippen molar-refractivity contribution in [2.24, 2.45) is 0 Å². The van der Waals surface area contributed by atoms with Crippen LogP contribution in [0.5, 0.6) is 0 Å². The van der Waals surface area contributed by atoms with Gasteiger partial charge in [-0.05, 0) is 37.6 Å². The third-order valence-corrected chi connectivity index (χ3v) is 4.27. The number of nitrogens with zero attached hydrogens (tertiary/aromatic N) is 4. The highest BCUT2D eigenvalue weighted by atomic mass is 16.3. The maximum absolute atomic E-state index is 12.7. The Labute approximate surface area is 150 Å². The lowest BCUT2D eigenvalue weighted by Crippen LogP contribution is -2.29. The van der Waals surface area contributed by atoms with Gasteiger partial charge in [0.15, 0.2) is 22.8 Å². The molecule has 0 aliphatic heterocycles. The van der Waals surface area contributed by atoms with Crippen LogP contribution in [0.15, 0.2) is 47.0 Å². The highest BCUT2D eigenvalue weighted by Crippen LogP contribution is 2.21. The number of carbonyl (C=O) groups excluding carboxylic acids is 1. The van der Waals surface area contributed by atoms with Crippen LogP contribution < -0.4 is 5.32 Å². The lowest BCUT2D eigenvalue weighted by Gasteiger charge is -2.15. The minimum absolute atomic E-state index is 0.244. The molecule has 0 saturated heterocycles. The van der Waals surface area contributed by atoms with E-state index in [1.165, 1.54) is 0 Å². The van der Waals surface area contributed by atoms with Gasteiger partial charge in [-0.2, -0.15) is 0 Å². The quantitative estimate of drug-likeness (QED) is 0.596. The van der Waals surface area contributed by atoms with Crippen LogP contribution in [0.4, 0.5) is 0 Å². The van der Waals surface area contributed by atoms with Crippen molar-refractivity contribution in [3.8, 4) is 0 Å². The summed E-state index contributed by atoms with van der Waals surface area (Å²) in [5, 5.41) is 11.5. The van der Waals surface area contributed by atoms with Crippen LogP contribution in [0.3, 0.4) is 0 Å². The Morgan fingerprint density at radius 2 is 2.15 bits per heavy atom. The van der Waals surface area contributed by atoms with Crippen LogP contribution in [-0.2, 0) is 0 Å². The number of hydrogen-bond donors (Lipinski definition) is 1. The third kappa shape index (κ3) is 2.92. The smallest absolute Gasteiger partial charge is 0.287 e. The van der Waals surface area contributed by atoms with Crippen LogP contribution in [0.1, 0.15) is 47.9 Å². The van der Waals surface area contributed by atoms with Gasteiger partial charge < -0.3 is 9.73 Å². The molecular weight excluding hydrogens is 330 g/mol. The first-order valence-electron chi connectivity index (χ1n) is 8.63. The summed E-state index contributed by atoms with van der Waals surface area (Å²) in [6.45, 7) is 3.97. The summed E-state index contributed by atoms with van der Waals surface area (Å²) in [4.78, 5) is 17.1. The maximum Gasteiger partial charge on any atom is 0.287 e. The first-order valence-corrected chi connectivity index (χ1v) is 8.63. The van der Waals surface area contributed by atoms with E-state index in [-0.39, 0.29) is 17.7 Å². The van der Waals surface area contributed by atoms with E-state index >= 15 is 0 Å². The number of nitrogens with one attached hydrogen (secondary N) is 1. The van der Waals surface area contributed by atoms with Gasteiger partial charge in [-0.25, -0.2) is 4.98 Å². The Bertz CT molecular complexity index is 1080. The molecule has 0 aliphatic carbocycles. The number of aromatic nitrogens is 4. The van der Waals surface area contributed by atoms with Gasteiger partial charge in [0, 0.05) is 18.0 Å². The number of rotatable bonds is 5. The monoisotopic (exact) mass is 349 g/mol. The molecule has 0 spiro atoms. The lowest BCUT2D eigenvalue weighted by atomic mass is 10.1. The lowest BCUT2D eigenvalue weighted by molar-refractivity contribution is 0.0906. The number of carbonyl (C=O) groups is 1. The van der Waals surface area contributed by atoms with Crippen molar-refractivity contribution in [3.05, 3.63) is 59.9 Å². The second-order valence-electron chi connectivity index (χ2n) is 6.25. The number of fused-ring (bicyclic) bond motifs is 2. The highest BCUT2D eigenvalue weighted by molar-refractivity contribution is 5.95. The fourth-order valence-electron chi connectivity index (χ4n) is 3.02. The summed E-state index contributed by atoms with van der Waals surface area (Å²) in [6, 6.07) is 10.8. The van der Waals surface area contributed by atoms with Crippen molar-refractivity contribution >= 4 is 22.7 Å². The second kappa shape index (κ2) is 6.59. The molecule has 1 atom stereocenters. The van der Waals surface area contributed by atoms with E-state index in [4.69, 9.17) is 4.42 Å². The molecule has 7 nitrogen and oxygen atoms in total. The molecule has 26 heavy (non-hydrogen) atoms. The number of pyridine rings is 2. The van der Waals surface area contributed by atoms with Crippen molar-refractivity contribution in [2.45, 2.75) is 32.7 Å². The van der Waals surface area contributed by atoms with Crippen molar-refractivity contribution in [2.75, 3.05) is 0 Å². The number of amides is 1. The molecular formula is C19H19N5O2. The van der Waals surface area contributed by atoms with Crippen LogP contribution in [0, 0.1) is 6.92 Å². The van der Waals surface area contributed by atoms with Crippen LogP contribution in [0.25, 0.3) is 16.7 Å². The third-order valence-electron chi connectivity index (χ3n) is 4.27. The van der Waals surface area contributed by atoms with Gasteiger partial charge in [0.2, 0.25) is 0 Å². The van der Waals surface area contributed by atoms with E-state index < -0.39 is 0 Å². The first kappa shape index (κ1) is 16.3. The summed E-state index contributed by atoms with van der Waals surface area (Å²) in [7, 11) is 0. The SMILES string of the molecule is CCCC(NC(=O)c1cc2nc(C)ccc2o1)c1nnc2ccccn12. The van der Waals surface area contributed by atoms with Gasteiger partial charge in [0.05, 0.1) is 6.04 Å². The number of aryl methyl sites for hydroxylation is 1. The summed E-state index contributed by atoms with van der Waals surface area (Å²) < 4.78 is 7.54. The molecule has 1 unspecified atom stereocenters. The fourth-order valence-corrected chi connectivity index (χ4v) is 3.02. The Hall–Kier alpha value is -3.22. The zero-order valence-electron chi connectivity index (χ0n) is 14.6. The molecule has 4 aromatic heterocycles. The fraction of sp³-hybridized carbons (Fsp3) is 0.263. The Morgan fingerprint density at radius 1 is 1.27 bits per heavy atom. The molecule has 1 amide bonds. The Morgan fingerprint density at radius 3 is 3.00 bits per heavy atom. The van der Waals surface area contributed by atoms with Gasteiger partial charge in [-0.15, -0.1) is 10.2 Å². The molecule has 132 valence electrons. The summed E-state index contributed by atoms with van der Waals surface area (Å²) in [5.74, 6) is 0.667. The number of furan rings is 1. The van der Waals surface area contributed by atoms with E-state index in [0.29, 0.717) is 16.9 Å². The van der Waals surface area contributed by atoms with E-state index in [2.05, 4.69) is 27.4 Å². The zero-order valence-corrected chi connectivity index (χ0v) is 14.6. The average Bonchev–Trinajstić information content (AvgIpc) is 3.25.